The number of aromatic nitrogens is 1. The van der Waals surface area contributed by atoms with E-state index >= 15 is 0 Å². The van der Waals surface area contributed by atoms with Gasteiger partial charge in [0.25, 0.3) is 0 Å². The Hall–Kier alpha value is -3.74. The fraction of sp³-hybridized carbons (Fsp3) is 0.250. The Bertz CT molecular complexity index is 1210. The molecule has 2 aromatic carbocycles. The van der Waals surface area contributed by atoms with Gasteiger partial charge >= 0.3 is 0 Å². The number of allylic oxidation sites excluding steroid dienone is 2. The van der Waals surface area contributed by atoms with Crippen molar-refractivity contribution in [1.82, 2.24) is 5.16 Å². The minimum Gasteiger partial charge on any atom is -0.504 e. The average molecular weight is 418 g/mol. The van der Waals surface area contributed by atoms with E-state index in [0.29, 0.717) is 35.6 Å². The molecule has 2 aliphatic rings. The number of ether oxygens (including phenoxy) is 1. The Kier molecular flexibility index (Phi) is 4.46. The monoisotopic (exact) mass is 418 g/mol. The van der Waals surface area contributed by atoms with Crippen molar-refractivity contribution >= 4 is 11.7 Å². The average Bonchev–Trinajstić information content (AvgIpc) is 3.14. The number of Topliss-reactive ketones (excluding diaryl/α,β-unsaturated/α-hetero) is 1. The lowest BCUT2D eigenvalue weighted by Crippen LogP contribution is -2.29. The van der Waals surface area contributed by atoms with Crippen LogP contribution in [0.3, 0.4) is 0 Å². The van der Waals surface area contributed by atoms with Crippen molar-refractivity contribution in [2.45, 2.75) is 31.6 Å². The van der Waals surface area contributed by atoms with E-state index in [4.69, 9.17) is 9.26 Å². The number of hydrogen-bond acceptors (Lipinski definition) is 7. The molecule has 3 N–H and O–H groups in total. The van der Waals surface area contributed by atoms with Gasteiger partial charge in [0.1, 0.15) is 5.75 Å². The number of nitrogens with zero attached hydrogens (tertiary/aromatic N) is 1. The number of fused-ring (bicyclic) bond motifs is 1. The van der Waals surface area contributed by atoms with Crippen molar-refractivity contribution in [3.63, 3.8) is 0 Å². The third-order valence-corrected chi connectivity index (χ3v) is 6.18. The standard InChI is InChI=1S/C24H22N2O5/c1-12-21-22(14-5-8-18(27)19(28)10-14)23-17(25-24(21)31-26-12)9-15(11-20(23)29)13-3-6-16(30-2)7-4-13/h3-8,10,15,22,25,27-28H,9,11H2,1-2H3/t15-,22+/m1/s1. The topological polar surface area (TPSA) is 105 Å². The summed E-state index contributed by atoms with van der Waals surface area (Å²) in [5.41, 5.74) is 4.69. The normalized spacial score (nSPS) is 20.1. The summed E-state index contributed by atoms with van der Waals surface area (Å²) < 4.78 is 10.8. The number of phenols is 2. The summed E-state index contributed by atoms with van der Waals surface area (Å²) in [5, 5.41) is 27.2. The highest BCUT2D eigenvalue weighted by atomic mass is 16.5. The number of hydrogen-bond donors (Lipinski definition) is 3. The summed E-state index contributed by atoms with van der Waals surface area (Å²) in [6.07, 6.45) is 1.03. The van der Waals surface area contributed by atoms with Gasteiger partial charge in [0.05, 0.1) is 18.4 Å². The Morgan fingerprint density at radius 3 is 2.52 bits per heavy atom. The number of aryl methyl sites for hydroxylation is 1. The molecule has 31 heavy (non-hydrogen) atoms. The van der Waals surface area contributed by atoms with E-state index in [1.165, 1.54) is 12.1 Å². The van der Waals surface area contributed by atoms with Gasteiger partial charge in [0.2, 0.25) is 5.88 Å². The summed E-state index contributed by atoms with van der Waals surface area (Å²) in [7, 11) is 1.63. The first-order valence-corrected chi connectivity index (χ1v) is 10.1. The molecule has 1 aromatic heterocycles. The van der Waals surface area contributed by atoms with Crippen LogP contribution in [-0.4, -0.2) is 28.3 Å². The molecule has 5 rings (SSSR count). The fourth-order valence-corrected chi connectivity index (χ4v) is 4.64. The number of rotatable bonds is 3. The van der Waals surface area contributed by atoms with Crippen LogP contribution in [-0.2, 0) is 4.79 Å². The zero-order chi connectivity index (χ0) is 21.7. The first kappa shape index (κ1) is 19.2. The van der Waals surface area contributed by atoms with Crippen molar-refractivity contribution in [1.29, 1.82) is 0 Å². The van der Waals surface area contributed by atoms with E-state index in [-0.39, 0.29) is 23.2 Å². The van der Waals surface area contributed by atoms with E-state index in [9.17, 15) is 15.0 Å². The summed E-state index contributed by atoms with van der Waals surface area (Å²) in [5.74, 6) is 0.500. The maximum absolute atomic E-state index is 13.4. The van der Waals surface area contributed by atoms with Crippen molar-refractivity contribution in [2.75, 3.05) is 12.4 Å². The largest absolute Gasteiger partial charge is 0.504 e. The number of ketones is 1. The van der Waals surface area contributed by atoms with E-state index in [2.05, 4.69) is 10.5 Å². The zero-order valence-corrected chi connectivity index (χ0v) is 17.2. The highest BCUT2D eigenvalue weighted by Crippen LogP contribution is 2.49. The number of benzene rings is 2. The number of phenolic OH excluding ortho intramolecular Hbond substituents is 2. The molecule has 7 heteroatoms. The van der Waals surface area contributed by atoms with Gasteiger partial charge in [-0.1, -0.05) is 23.4 Å². The van der Waals surface area contributed by atoms with Crippen molar-refractivity contribution in [3.05, 3.63) is 76.1 Å². The molecule has 2 atom stereocenters. The Morgan fingerprint density at radius 1 is 1.06 bits per heavy atom. The fourth-order valence-electron chi connectivity index (χ4n) is 4.64. The molecule has 0 saturated heterocycles. The molecular weight excluding hydrogens is 396 g/mol. The molecule has 0 amide bonds. The molecule has 0 unspecified atom stereocenters. The minimum absolute atomic E-state index is 0.0316. The maximum Gasteiger partial charge on any atom is 0.233 e. The Labute approximate surface area is 179 Å². The van der Waals surface area contributed by atoms with Crippen LogP contribution in [0.5, 0.6) is 17.2 Å². The molecule has 0 spiro atoms. The molecule has 1 aliphatic carbocycles. The van der Waals surface area contributed by atoms with E-state index in [1.807, 2.05) is 31.2 Å². The summed E-state index contributed by atoms with van der Waals surface area (Å²) in [6, 6.07) is 12.4. The van der Waals surface area contributed by atoms with Crippen LogP contribution in [0.25, 0.3) is 0 Å². The number of carbonyl (C=O) groups is 1. The lowest BCUT2D eigenvalue weighted by atomic mass is 9.72. The SMILES string of the molecule is COc1ccc([C@H]2CC(=O)C3=C(C2)Nc2onc(C)c2[C@@H]3c2ccc(O)c(O)c2)cc1. The first-order chi connectivity index (χ1) is 15.0. The van der Waals surface area contributed by atoms with E-state index < -0.39 is 5.92 Å². The molecule has 0 bridgehead atoms. The summed E-state index contributed by atoms with van der Waals surface area (Å²) >= 11 is 0. The van der Waals surface area contributed by atoms with Crippen LogP contribution in [0.15, 0.2) is 58.3 Å². The second kappa shape index (κ2) is 7.19. The van der Waals surface area contributed by atoms with Crippen LogP contribution < -0.4 is 10.1 Å². The number of aromatic hydroxyl groups is 2. The zero-order valence-electron chi connectivity index (χ0n) is 17.2. The molecule has 158 valence electrons. The number of methoxy groups -OCH3 is 1. The summed E-state index contributed by atoms with van der Waals surface area (Å²) in [4.78, 5) is 13.4. The number of nitrogens with one attached hydrogen (secondary N) is 1. The molecular formula is C24H22N2O5. The number of carbonyl (C=O) groups excluding carboxylic acids is 1. The first-order valence-electron chi connectivity index (χ1n) is 10.1. The van der Waals surface area contributed by atoms with Gasteiger partial charge in [-0.15, -0.1) is 0 Å². The molecule has 1 aliphatic heterocycles. The predicted octanol–water partition coefficient (Wildman–Crippen LogP) is 4.36. The van der Waals surface area contributed by atoms with Crippen LogP contribution in [0.1, 0.15) is 47.1 Å². The second-order valence-electron chi connectivity index (χ2n) is 8.01. The predicted molar refractivity (Wildman–Crippen MR) is 113 cm³/mol. The van der Waals surface area contributed by atoms with Crippen molar-refractivity contribution < 1.29 is 24.3 Å². The van der Waals surface area contributed by atoms with Crippen LogP contribution in [0.4, 0.5) is 5.88 Å². The second-order valence-corrected chi connectivity index (χ2v) is 8.01. The van der Waals surface area contributed by atoms with E-state index in [1.54, 1.807) is 13.2 Å². The summed E-state index contributed by atoms with van der Waals surface area (Å²) in [6.45, 7) is 1.83. The molecule has 0 radical (unpaired) electrons. The van der Waals surface area contributed by atoms with Gasteiger partial charge in [0.15, 0.2) is 17.3 Å². The minimum atomic E-state index is -0.423. The highest BCUT2D eigenvalue weighted by molar-refractivity contribution is 6.01. The van der Waals surface area contributed by atoms with E-state index in [0.717, 1.165) is 22.6 Å². The smallest absolute Gasteiger partial charge is 0.233 e. The van der Waals surface area contributed by atoms with Gasteiger partial charge in [-0.2, -0.15) is 0 Å². The van der Waals surface area contributed by atoms with Gasteiger partial charge in [-0.05, 0) is 54.7 Å². The lowest BCUT2D eigenvalue weighted by molar-refractivity contribution is -0.116. The Balaban J connectivity index is 1.59. The number of anilines is 1. The van der Waals surface area contributed by atoms with Crippen LogP contribution in [0.2, 0.25) is 0 Å². The maximum atomic E-state index is 13.4. The molecule has 0 saturated carbocycles. The Morgan fingerprint density at radius 2 is 1.81 bits per heavy atom. The van der Waals surface area contributed by atoms with Crippen molar-refractivity contribution in [3.8, 4) is 17.2 Å². The van der Waals surface area contributed by atoms with Crippen molar-refractivity contribution in [2.24, 2.45) is 0 Å². The van der Waals surface area contributed by atoms with Gasteiger partial charge in [-0.3, -0.25) is 4.79 Å². The molecule has 0 fully saturated rings. The third kappa shape index (κ3) is 3.13. The van der Waals surface area contributed by atoms with Gasteiger partial charge in [-0.25, -0.2) is 0 Å². The highest BCUT2D eigenvalue weighted by Gasteiger charge is 2.41. The molecule has 3 aromatic rings. The van der Waals surface area contributed by atoms with Gasteiger partial charge in [0, 0.05) is 23.6 Å². The third-order valence-electron chi connectivity index (χ3n) is 6.18. The molecule has 7 nitrogen and oxygen atoms in total. The van der Waals surface area contributed by atoms with Crippen LogP contribution >= 0.6 is 0 Å². The molecule has 2 heterocycles. The van der Waals surface area contributed by atoms with Crippen LogP contribution in [0, 0.1) is 6.92 Å². The van der Waals surface area contributed by atoms with Gasteiger partial charge < -0.3 is 24.8 Å². The quantitative estimate of drug-likeness (QED) is 0.543. The lowest BCUT2D eigenvalue weighted by Gasteiger charge is -2.34.